The maximum atomic E-state index is 11.6. The van der Waals surface area contributed by atoms with Crippen LogP contribution in [0.4, 0.5) is 5.82 Å². The van der Waals surface area contributed by atoms with E-state index in [4.69, 9.17) is 10.5 Å². The zero-order valence-corrected chi connectivity index (χ0v) is 10.3. The van der Waals surface area contributed by atoms with Gasteiger partial charge in [0.2, 0.25) is 0 Å². The molecule has 2 aromatic rings. The Morgan fingerprint density at radius 3 is 2.61 bits per heavy atom. The first-order valence-corrected chi connectivity index (χ1v) is 5.54. The van der Waals surface area contributed by atoms with Crippen LogP contribution in [0.1, 0.15) is 15.9 Å². The standard InChI is InChI=1S/C14H14N2O2/c1-9-10(12-7-4-8-13(15)16-12)5-3-6-11(9)14(17)18-2/h3-8H,1-2H3,(H2,15,16). The maximum absolute atomic E-state index is 11.6. The maximum Gasteiger partial charge on any atom is 0.338 e. The molecule has 4 nitrogen and oxygen atoms in total. The van der Waals surface area contributed by atoms with Gasteiger partial charge in [-0.25, -0.2) is 9.78 Å². The van der Waals surface area contributed by atoms with Crippen LogP contribution in [0.25, 0.3) is 11.3 Å². The van der Waals surface area contributed by atoms with E-state index >= 15 is 0 Å². The molecule has 2 rings (SSSR count). The first-order valence-electron chi connectivity index (χ1n) is 5.54. The molecule has 0 atom stereocenters. The Labute approximate surface area is 105 Å². The van der Waals surface area contributed by atoms with E-state index in [1.54, 1.807) is 18.2 Å². The molecule has 0 unspecified atom stereocenters. The highest BCUT2D eigenvalue weighted by Gasteiger charge is 2.13. The van der Waals surface area contributed by atoms with Crippen molar-refractivity contribution in [1.82, 2.24) is 4.98 Å². The summed E-state index contributed by atoms with van der Waals surface area (Å²) in [7, 11) is 1.37. The minimum absolute atomic E-state index is 0.349. The Bertz CT molecular complexity index is 594. The molecule has 0 spiro atoms. The van der Waals surface area contributed by atoms with Crippen LogP contribution >= 0.6 is 0 Å². The first kappa shape index (κ1) is 12.1. The lowest BCUT2D eigenvalue weighted by molar-refractivity contribution is 0.0600. The number of benzene rings is 1. The van der Waals surface area contributed by atoms with E-state index in [2.05, 4.69) is 4.98 Å². The number of rotatable bonds is 2. The van der Waals surface area contributed by atoms with E-state index in [9.17, 15) is 4.79 Å². The number of pyridine rings is 1. The van der Waals surface area contributed by atoms with Crippen LogP contribution in [0.15, 0.2) is 36.4 Å². The second-order valence-electron chi connectivity index (χ2n) is 3.92. The summed E-state index contributed by atoms with van der Waals surface area (Å²) in [6, 6.07) is 10.9. The number of carbonyl (C=O) groups is 1. The number of anilines is 1. The van der Waals surface area contributed by atoms with Gasteiger partial charge in [-0.3, -0.25) is 0 Å². The van der Waals surface area contributed by atoms with E-state index < -0.39 is 0 Å². The average Bonchev–Trinajstić information content (AvgIpc) is 2.38. The molecule has 0 aliphatic carbocycles. The predicted octanol–water partition coefficient (Wildman–Crippen LogP) is 2.43. The first-order chi connectivity index (χ1) is 8.63. The second-order valence-corrected chi connectivity index (χ2v) is 3.92. The Balaban J connectivity index is 2.56. The smallest absolute Gasteiger partial charge is 0.338 e. The van der Waals surface area contributed by atoms with Crippen LogP contribution in [-0.4, -0.2) is 18.1 Å². The third-order valence-corrected chi connectivity index (χ3v) is 2.79. The topological polar surface area (TPSA) is 65.2 Å². The van der Waals surface area contributed by atoms with Crippen molar-refractivity contribution in [2.45, 2.75) is 6.92 Å². The summed E-state index contributed by atoms with van der Waals surface area (Å²) in [6.45, 7) is 1.87. The summed E-state index contributed by atoms with van der Waals surface area (Å²) < 4.78 is 4.75. The Kier molecular flexibility index (Phi) is 3.28. The van der Waals surface area contributed by atoms with Gasteiger partial charge < -0.3 is 10.5 Å². The fourth-order valence-electron chi connectivity index (χ4n) is 1.85. The molecule has 0 bridgehead atoms. The van der Waals surface area contributed by atoms with Gasteiger partial charge in [0.25, 0.3) is 0 Å². The SMILES string of the molecule is COC(=O)c1cccc(-c2cccc(N)n2)c1C. The van der Waals surface area contributed by atoms with Crippen molar-refractivity contribution in [3.8, 4) is 11.3 Å². The van der Waals surface area contributed by atoms with Gasteiger partial charge in [-0.1, -0.05) is 18.2 Å². The third-order valence-electron chi connectivity index (χ3n) is 2.79. The van der Waals surface area contributed by atoms with E-state index in [1.165, 1.54) is 7.11 Å². The number of methoxy groups -OCH3 is 1. The van der Waals surface area contributed by atoms with Gasteiger partial charge in [0, 0.05) is 5.56 Å². The monoisotopic (exact) mass is 242 g/mol. The van der Waals surface area contributed by atoms with E-state index in [1.807, 2.05) is 25.1 Å². The number of hydrogen-bond acceptors (Lipinski definition) is 4. The normalized spacial score (nSPS) is 10.1. The van der Waals surface area contributed by atoms with Gasteiger partial charge in [-0.15, -0.1) is 0 Å². The summed E-state index contributed by atoms with van der Waals surface area (Å²) >= 11 is 0. The third kappa shape index (κ3) is 2.18. The Morgan fingerprint density at radius 2 is 1.94 bits per heavy atom. The molecular weight excluding hydrogens is 228 g/mol. The molecule has 92 valence electrons. The number of nitrogen functional groups attached to an aromatic ring is 1. The molecular formula is C14H14N2O2. The molecule has 0 radical (unpaired) electrons. The van der Waals surface area contributed by atoms with Crippen molar-refractivity contribution in [2.24, 2.45) is 0 Å². The molecule has 0 fully saturated rings. The van der Waals surface area contributed by atoms with Crippen LogP contribution in [0, 0.1) is 6.92 Å². The van der Waals surface area contributed by atoms with Crippen molar-refractivity contribution >= 4 is 11.8 Å². The largest absolute Gasteiger partial charge is 0.465 e. The summed E-state index contributed by atoms with van der Waals surface area (Å²) in [5, 5.41) is 0. The quantitative estimate of drug-likeness (QED) is 0.821. The lowest BCUT2D eigenvalue weighted by Crippen LogP contribution is -2.05. The molecule has 0 amide bonds. The van der Waals surface area contributed by atoms with Crippen LogP contribution < -0.4 is 5.73 Å². The zero-order chi connectivity index (χ0) is 13.1. The highest BCUT2D eigenvalue weighted by molar-refractivity contribution is 5.93. The van der Waals surface area contributed by atoms with E-state index in [0.717, 1.165) is 16.8 Å². The Morgan fingerprint density at radius 1 is 1.22 bits per heavy atom. The molecule has 18 heavy (non-hydrogen) atoms. The van der Waals surface area contributed by atoms with Crippen molar-refractivity contribution in [1.29, 1.82) is 0 Å². The number of hydrogen-bond donors (Lipinski definition) is 1. The molecule has 4 heteroatoms. The fourth-order valence-corrected chi connectivity index (χ4v) is 1.85. The number of esters is 1. The molecule has 0 aliphatic heterocycles. The minimum Gasteiger partial charge on any atom is -0.465 e. The summed E-state index contributed by atoms with van der Waals surface area (Å²) in [5.74, 6) is 0.105. The van der Waals surface area contributed by atoms with Gasteiger partial charge >= 0.3 is 5.97 Å². The predicted molar refractivity (Wildman–Crippen MR) is 70.2 cm³/mol. The van der Waals surface area contributed by atoms with Crippen molar-refractivity contribution in [3.63, 3.8) is 0 Å². The molecule has 2 N–H and O–H groups in total. The van der Waals surface area contributed by atoms with E-state index in [-0.39, 0.29) is 5.97 Å². The second kappa shape index (κ2) is 4.87. The van der Waals surface area contributed by atoms with Crippen molar-refractivity contribution in [3.05, 3.63) is 47.5 Å². The number of nitrogens with two attached hydrogens (primary N) is 1. The Hall–Kier alpha value is -2.36. The van der Waals surface area contributed by atoms with Gasteiger partial charge in [0.15, 0.2) is 0 Å². The number of carbonyl (C=O) groups excluding carboxylic acids is 1. The van der Waals surface area contributed by atoms with Crippen LogP contribution in [0.2, 0.25) is 0 Å². The fraction of sp³-hybridized carbons (Fsp3) is 0.143. The molecule has 0 aliphatic rings. The summed E-state index contributed by atoms with van der Waals surface area (Å²) in [5.41, 5.74) is 8.67. The highest BCUT2D eigenvalue weighted by atomic mass is 16.5. The molecule has 1 heterocycles. The molecule has 0 saturated carbocycles. The molecule has 1 aromatic heterocycles. The van der Waals surface area contributed by atoms with Gasteiger partial charge in [-0.2, -0.15) is 0 Å². The van der Waals surface area contributed by atoms with Gasteiger partial charge in [0.1, 0.15) is 5.82 Å². The molecule has 1 aromatic carbocycles. The van der Waals surface area contributed by atoms with Crippen LogP contribution in [0.5, 0.6) is 0 Å². The highest BCUT2D eigenvalue weighted by Crippen LogP contribution is 2.25. The van der Waals surface area contributed by atoms with Crippen LogP contribution in [-0.2, 0) is 4.74 Å². The summed E-state index contributed by atoms with van der Waals surface area (Å²) in [6.07, 6.45) is 0. The van der Waals surface area contributed by atoms with Crippen molar-refractivity contribution < 1.29 is 9.53 Å². The van der Waals surface area contributed by atoms with E-state index in [0.29, 0.717) is 11.4 Å². The minimum atomic E-state index is -0.349. The average molecular weight is 242 g/mol. The lowest BCUT2D eigenvalue weighted by Gasteiger charge is -2.09. The van der Waals surface area contributed by atoms with Crippen molar-refractivity contribution in [2.75, 3.05) is 12.8 Å². The van der Waals surface area contributed by atoms with Gasteiger partial charge in [0.05, 0.1) is 18.4 Å². The number of aromatic nitrogens is 1. The number of nitrogens with zero attached hydrogens (tertiary/aromatic N) is 1. The van der Waals surface area contributed by atoms with Crippen LogP contribution in [0.3, 0.4) is 0 Å². The van der Waals surface area contributed by atoms with Gasteiger partial charge in [-0.05, 0) is 30.7 Å². The number of ether oxygens (including phenoxy) is 1. The molecule has 0 saturated heterocycles. The lowest BCUT2D eigenvalue weighted by atomic mass is 9.99. The zero-order valence-electron chi connectivity index (χ0n) is 10.3. The summed E-state index contributed by atoms with van der Waals surface area (Å²) in [4.78, 5) is 15.9.